The predicted molar refractivity (Wildman–Crippen MR) is 92.1 cm³/mol. The third-order valence-electron chi connectivity index (χ3n) is 4.42. The van der Waals surface area contributed by atoms with Crippen molar-refractivity contribution in [3.8, 4) is 5.75 Å². The lowest BCUT2D eigenvalue weighted by molar-refractivity contribution is 0.155. The summed E-state index contributed by atoms with van der Waals surface area (Å²) in [6.07, 6.45) is 11.6. The van der Waals surface area contributed by atoms with E-state index in [2.05, 4.69) is 32.5 Å². The Hall–Kier alpha value is -2.63. The number of aromatic nitrogens is 4. The van der Waals surface area contributed by atoms with Gasteiger partial charge in [0.25, 0.3) is 0 Å². The van der Waals surface area contributed by atoms with Crippen LogP contribution in [0.25, 0.3) is 5.65 Å². The van der Waals surface area contributed by atoms with E-state index in [4.69, 9.17) is 4.74 Å². The fraction of sp³-hybridized carbons (Fsp3) is 0.389. The Kier molecular flexibility index (Phi) is 4.27. The zero-order valence-electron chi connectivity index (χ0n) is 13.6. The smallest absolute Gasteiger partial charge is 0.175 e. The fourth-order valence-corrected chi connectivity index (χ4v) is 3.17. The molecule has 1 N–H and O–H groups in total. The van der Waals surface area contributed by atoms with Crippen molar-refractivity contribution in [3.05, 3.63) is 48.5 Å². The molecule has 0 amide bonds. The number of ether oxygens (including phenoxy) is 1. The van der Waals surface area contributed by atoms with Gasteiger partial charge in [-0.2, -0.15) is 9.61 Å². The molecule has 0 aliphatic heterocycles. The highest BCUT2D eigenvalue weighted by molar-refractivity contribution is 5.45. The Balaban J connectivity index is 1.43. The van der Waals surface area contributed by atoms with Crippen LogP contribution in [0.3, 0.4) is 0 Å². The Morgan fingerprint density at radius 2 is 2.08 bits per heavy atom. The highest BCUT2D eigenvalue weighted by atomic mass is 16.5. The largest absolute Gasteiger partial charge is 0.490 e. The zero-order chi connectivity index (χ0) is 16.2. The number of rotatable bonds is 5. The molecule has 1 aliphatic carbocycles. The molecule has 0 radical (unpaired) electrons. The van der Waals surface area contributed by atoms with Gasteiger partial charge in [0.15, 0.2) is 5.65 Å². The van der Waals surface area contributed by atoms with Crippen molar-refractivity contribution in [3.63, 3.8) is 0 Å². The van der Waals surface area contributed by atoms with E-state index in [0.717, 1.165) is 17.2 Å². The zero-order valence-corrected chi connectivity index (χ0v) is 13.6. The molecule has 1 aliphatic rings. The van der Waals surface area contributed by atoms with Crippen molar-refractivity contribution >= 4 is 11.5 Å². The molecule has 0 spiro atoms. The third-order valence-corrected chi connectivity index (χ3v) is 4.42. The molecule has 0 unspecified atom stereocenters. The summed E-state index contributed by atoms with van der Waals surface area (Å²) in [7, 11) is 0. The van der Waals surface area contributed by atoms with E-state index in [1.807, 2.05) is 12.1 Å². The molecule has 6 nitrogen and oxygen atoms in total. The van der Waals surface area contributed by atoms with Gasteiger partial charge in [0, 0.05) is 6.54 Å². The van der Waals surface area contributed by atoms with Gasteiger partial charge >= 0.3 is 0 Å². The number of hydrogen-bond donors (Lipinski definition) is 1. The lowest BCUT2D eigenvalue weighted by Crippen LogP contribution is -2.19. The number of benzene rings is 1. The molecule has 4 rings (SSSR count). The second-order valence-electron chi connectivity index (χ2n) is 6.20. The number of fused-ring (bicyclic) bond motifs is 1. The SMILES string of the molecule is c1cc(CNc2cncc3ncnn23)cc(OC2CCCCC2)c1. The van der Waals surface area contributed by atoms with Crippen LogP contribution in [0.15, 0.2) is 43.0 Å². The summed E-state index contributed by atoms with van der Waals surface area (Å²) in [5.41, 5.74) is 1.90. The van der Waals surface area contributed by atoms with Crippen molar-refractivity contribution in [2.45, 2.75) is 44.8 Å². The van der Waals surface area contributed by atoms with Gasteiger partial charge in [-0.3, -0.25) is 4.98 Å². The van der Waals surface area contributed by atoms with Gasteiger partial charge in [-0.05, 0) is 43.4 Å². The lowest BCUT2D eigenvalue weighted by atomic mass is 9.98. The first-order valence-electron chi connectivity index (χ1n) is 8.52. The van der Waals surface area contributed by atoms with E-state index in [1.54, 1.807) is 16.9 Å². The summed E-state index contributed by atoms with van der Waals surface area (Å²) < 4.78 is 7.88. The second-order valence-corrected chi connectivity index (χ2v) is 6.20. The standard InChI is InChI=1S/C18H21N5O/c1-2-6-15(7-3-1)24-16-8-4-5-14(9-16)10-20-17-11-19-12-18-21-13-22-23(17)18/h4-5,8-9,11-13,15,20H,1-3,6-7,10H2. The van der Waals surface area contributed by atoms with Crippen LogP contribution in [0, 0.1) is 0 Å². The van der Waals surface area contributed by atoms with E-state index in [0.29, 0.717) is 12.6 Å². The molecule has 0 bridgehead atoms. The maximum Gasteiger partial charge on any atom is 0.175 e. The van der Waals surface area contributed by atoms with E-state index < -0.39 is 0 Å². The van der Waals surface area contributed by atoms with Gasteiger partial charge < -0.3 is 10.1 Å². The van der Waals surface area contributed by atoms with Crippen molar-refractivity contribution in [1.82, 2.24) is 19.6 Å². The van der Waals surface area contributed by atoms with Gasteiger partial charge in [-0.25, -0.2) is 4.98 Å². The molecule has 24 heavy (non-hydrogen) atoms. The van der Waals surface area contributed by atoms with Gasteiger partial charge in [-0.15, -0.1) is 0 Å². The third kappa shape index (κ3) is 3.32. The van der Waals surface area contributed by atoms with E-state index >= 15 is 0 Å². The number of nitrogens with zero attached hydrogens (tertiary/aromatic N) is 4. The quantitative estimate of drug-likeness (QED) is 0.779. The maximum atomic E-state index is 6.14. The predicted octanol–water partition coefficient (Wildman–Crippen LogP) is 3.45. The highest BCUT2D eigenvalue weighted by Crippen LogP contribution is 2.24. The van der Waals surface area contributed by atoms with Crippen molar-refractivity contribution in [2.24, 2.45) is 0 Å². The molecular formula is C18H21N5O. The molecule has 124 valence electrons. The molecule has 0 atom stereocenters. The molecule has 0 saturated heterocycles. The molecule has 6 heteroatoms. The fourth-order valence-electron chi connectivity index (χ4n) is 3.17. The number of nitrogens with one attached hydrogen (secondary N) is 1. The highest BCUT2D eigenvalue weighted by Gasteiger charge is 2.14. The van der Waals surface area contributed by atoms with Gasteiger partial charge in [-0.1, -0.05) is 18.6 Å². The average molecular weight is 323 g/mol. The first-order valence-corrected chi connectivity index (χ1v) is 8.52. The van der Waals surface area contributed by atoms with Crippen LogP contribution in [0.2, 0.25) is 0 Å². The van der Waals surface area contributed by atoms with Gasteiger partial charge in [0.2, 0.25) is 0 Å². The first kappa shape index (κ1) is 14.9. The van der Waals surface area contributed by atoms with E-state index in [1.165, 1.54) is 44.0 Å². The summed E-state index contributed by atoms with van der Waals surface area (Å²) in [4.78, 5) is 8.32. The Morgan fingerprint density at radius 3 is 3.00 bits per heavy atom. The molecule has 3 aromatic rings. The van der Waals surface area contributed by atoms with Crippen LogP contribution in [-0.4, -0.2) is 25.7 Å². The molecule has 2 heterocycles. The molecule has 1 fully saturated rings. The monoisotopic (exact) mass is 323 g/mol. The summed E-state index contributed by atoms with van der Waals surface area (Å²) in [5, 5.41) is 7.57. The van der Waals surface area contributed by atoms with Crippen molar-refractivity contribution < 1.29 is 4.74 Å². The van der Waals surface area contributed by atoms with Crippen LogP contribution in [0.5, 0.6) is 5.75 Å². The summed E-state index contributed by atoms with van der Waals surface area (Å²) in [5.74, 6) is 1.78. The van der Waals surface area contributed by atoms with E-state index in [-0.39, 0.29) is 0 Å². The Bertz CT molecular complexity index is 810. The summed E-state index contributed by atoms with van der Waals surface area (Å²) in [6.45, 7) is 0.683. The molecule has 1 aromatic carbocycles. The van der Waals surface area contributed by atoms with Gasteiger partial charge in [0.05, 0.1) is 18.5 Å². The van der Waals surface area contributed by atoms with E-state index in [9.17, 15) is 0 Å². The number of hydrogen-bond acceptors (Lipinski definition) is 5. The van der Waals surface area contributed by atoms with Crippen molar-refractivity contribution in [2.75, 3.05) is 5.32 Å². The minimum Gasteiger partial charge on any atom is -0.490 e. The molecular weight excluding hydrogens is 302 g/mol. The summed E-state index contributed by atoms with van der Waals surface area (Å²) in [6, 6.07) is 8.29. The second kappa shape index (κ2) is 6.86. The normalized spacial score (nSPS) is 15.5. The Labute approximate surface area is 140 Å². The minimum absolute atomic E-state index is 0.370. The van der Waals surface area contributed by atoms with Crippen LogP contribution < -0.4 is 10.1 Å². The van der Waals surface area contributed by atoms with Crippen LogP contribution in [0.4, 0.5) is 5.82 Å². The Morgan fingerprint density at radius 1 is 1.17 bits per heavy atom. The topological polar surface area (TPSA) is 64.3 Å². The lowest BCUT2D eigenvalue weighted by Gasteiger charge is -2.23. The van der Waals surface area contributed by atoms with Crippen LogP contribution in [-0.2, 0) is 6.54 Å². The van der Waals surface area contributed by atoms with Crippen LogP contribution >= 0.6 is 0 Å². The summed E-state index contributed by atoms with van der Waals surface area (Å²) >= 11 is 0. The number of anilines is 1. The van der Waals surface area contributed by atoms with Gasteiger partial charge in [0.1, 0.15) is 17.9 Å². The maximum absolute atomic E-state index is 6.14. The molecule has 2 aromatic heterocycles. The van der Waals surface area contributed by atoms with Crippen molar-refractivity contribution in [1.29, 1.82) is 0 Å². The minimum atomic E-state index is 0.370. The first-order chi connectivity index (χ1) is 11.9. The average Bonchev–Trinajstić information content (AvgIpc) is 3.10. The molecule has 1 saturated carbocycles. The van der Waals surface area contributed by atoms with Crippen LogP contribution in [0.1, 0.15) is 37.7 Å².